The van der Waals surface area contributed by atoms with Crippen LogP contribution in [0.15, 0.2) is 54.7 Å². The number of benzene rings is 1. The number of ether oxygens (including phenoxy) is 1. The van der Waals surface area contributed by atoms with Crippen molar-refractivity contribution in [2.24, 2.45) is 0 Å². The molecule has 7 heteroatoms. The molecule has 1 aliphatic heterocycles. The molecule has 0 aliphatic carbocycles. The molecule has 1 unspecified atom stereocenters. The number of carbonyl (C=O) groups is 1. The number of pyridine rings is 1. The Balaban J connectivity index is 1.72. The summed E-state index contributed by atoms with van der Waals surface area (Å²) >= 11 is 0. The molecule has 2 aromatic rings. The summed E-state index contributed by atoms with van der Waals surface area (Å²) in [4.78, 5) is 18.3. The molecule has 1 aliphatic rings. The fourth-order valence-corrected chi connectivity index (χ4v) is 4.60. The van der Waals surface area contributed by atoms with E-state index in [1.54, 1.807) is 29.3 Å². The van der Waals surface area contributed by atoms with Gasteiger partial charge in [-0.2, -0.15) is 0 Å². The zero-order valence-electron chi connectivity index (χ0n) is 13.7. The minimum atomic E-state index is -3.08. The number of hydrogen-bond donors (Lipinski definition) is 0. The zero-order valence-corrected chi connectivity index (χ0v) is 14.6. The third-order valence-electron chi connectivity index (χ3n) is 4.15. The molecule has 6 nitrogen and oxygen atoms in total. The fraction of sp³-hybridized carbons (Fsp3) is 0.333. The molecule has 1 atom stereocenters. The number of rotatable bonds is 6. The molecule has 1 aromatic heterocycles. The van der Waals surface area contributed by atoms with Crippen LogP contribution in [0.1, 0.15) is 12.0 Å². The highest BCUT2D eigenvalue weighted by Gasteiger charge is 2.34. The van der Waals surface area contributed by atoms with E-state index in [0.717, 1.165) is 5.56 Å². The number of carbonyl (C=O) groups excluding carboxylic acids is 1. The van der Waals surface area contributed by atoms with Crippen molar-refractivity contribution in [1.82, 2.24) is 9.88 Å². The maximum atomic E-state index is 12.7. The van der Waals surface area contributed by atoms with Crippen LogP contribution >= 0.6 is 0 Å². The first-order valence-electron chi connectivity index (χ1n) is 8.11. The van der Waals surface area contributed by atoms with E-state index in [4.69, 9.17) is 4.74 Å². The van der Waals surface area contributed by atoms with Crippen LogP contribution in [0.3, 0.4) is 0 Å². The van der Waals surface area contributed by atoms with Gasteiger partial charge in [0.2, 0.25) is 5.88 Å². The van der Waals surface area contributed by atoms with Gasteiger partial charge in [0.1, 0.15) is 0 Å². The average molecular weight is 360 g/mol. The largest absolute Gasteiger partial charge is 0.468 e. The lowest BCUT2D eigenvalue weighted by molar-refractivity contribution is -0.136. The Hall–Kier alpha value is -2.41. The Morgan fingerprint density at radius 3 is 2.56 bits per heavy atom. The fourth-order valence-electron chi connectivity index (χ4n) is 2.87. The SMILES string of the molecule is O=C(COc1ccccn1)N(Cc1ccccc1)C1CCS(=O)(=O)C1. The van der Waals surface area contributed by atoms with E-state index in [1.807, 2.05) is 30.3 Å². The predicted octanol–water partition coefficient (Wildman–Crippen LogP) is 1.68. The van der Waals surface area contributed by atoms with Crippen LogP contribution in [0.4, 0.5) is 0 Å². The highest BCUT2D eigenvalue weighted by atomic mass is 32.2. The first kappa shape index (κ1) is 17.4. The van der Waals surface area contributed by atoms with Crippen molar-refractivity contribution in [2.75, 3.05) is 18.1 Å². The smallest absolute Gasteiger partial charge is 0.261 e. The molecule has 1 saturated heterocycles. The van der Waals surface area contributed by atoms with E-state index in [1.165, 1.54) is 0 Å². The van der Waals surface area contributed by atoms with E-state index in [2.05, 4.69) is 4.98 Å². The van der Waals surface area contributed by atoms with Crippen LogP contribution in [-0.4, -0.2) is 48.4 Å². The van der Waals surface area contributed by atoms with E-state index < -0.39 is 9.84 Å². The summed E-state index contributed by atoms with van der Waals surface area (Å²) in [6.45, 7) is 0.200. The van der Waals surface area contributed by atoms with Crippen molar-refractivity contribution in [2.45, 2.75) is 19.0 Å². The minimum Gasteiger partial charge on any atom is -0.468 e. The molecule has 0 N–H and O–H groups in total. The zero-order chi connectivity index (χ0) is 17.7. The quantitative estimate of drug-likeness (QED) is 0.783. The number of amides is 1. The summed E-state index contributed by atoms with van der Waals surface area (Å²) in [5, 5.41) is 0. The lowest BCUT2D eigenvalue weighted by atomic mass is 10.1. The van der Waals surface area contributed by atoms with Crippen molar-refractivity contribution in [3.8, 4) is 5.88 Å². The summed E-state index contributed by atoms with van der Waals surface area (Å²) in [6, 6.07) is 14.4. The van der Waals surface area contributed by atoms with E-state index in [9.17, 15) is 13.2 Å². The first-order chi connectivity index (χ1) is 12.0. The molecule has 2 heterocycles. The summed E-state index contributed by atoms with van der Waals surface area (Å²) in [5.41, 5.74) is 0.956. The van der Waals surface area contributed by atoms with Crippen molar-refractivity contribution < 1.29 is 17.9 Å². The molecule has 0 radical (unpaired) electrons. The number of hydrogen-bond acceptors (Lipinski definition) is 5. The number of nitrogens with zero attached hydrogens (tertiary/aromatic N) is 2. The van der Waals surface area contributed by atoms with Crippen molar-refractivity contribution in [1.29, 1.82) is 0 Å². The van der Waals surface area contributed by atoms with Crippen molar-refractivity contribution in [3.05, 3.63) is 60.3 Å². The Bertz CT molecular complexity index is 809. The molecular weight excluding hydrogens is 340 g/mol. The van der Waals surface area contributed by atoms with Gasteiger partial charge < -0.3 is 9.64 Å². The maximum Gasteiger partial charge on any atom is 0.261 e. The Kier molecular flexibility index (Phi) is 5.33. The molecule has 25 heavy (non-hydrogen) atoms. The molecule has 0 spiro atoms. The topological polar surface area (TPSA) is 76.6 Å². The lowest BCUT2D eigenvalue weighted by Gasteiger charge is -2.28. The third kappa shape index (κ3) is 4.79. The van der Waals surface area contributed by atoms with Crippen LogP contribution in [0.5, 0.6) is 5.88 Å². The van der Waals surface area contributed by atoms with Gasteiger partial charge in [0.15, 0.2) is 16.4 Å². The van der Waals surface area contributed by atoms with E-state index in [-0.39, 0.29) is 30.1 Å². The van der Waals surface area contributed by atoms with Crippen molar-refractivity contribution in [3.63, 3.8) is 0 Å². The summed E-state index contributed by atoms with van der Waals surface area (Å²) in [5.74, 6) is 0.262. The molecule has 3 rings (SSSR count). The Morgan fingerprint density at radius 1 is 1.16 bits per heavy atom. The van der Waals surface area contributed by atoms with E-state index >= 15 is 0 Å². The molecule has 1 aromatic carbocycles. The predicted molar refractivity (Wildman–Crippen MR) is 93.8 cm³/mol. The number of aromatic nitrogens is 1. The molecule has 1 fully saturated rings. The third-order valence-corrected chi connectivity index (χ3v) is 5.90. The van der Waals surface area contributed by atoms with Crippen LogP contribution < -0.4 is 4.74 Å². The van der Waals surface area contributed by atoms with Crippen LogP contribution in [0.2, 0.25) is 0 Å². The molecule has 1 amide bonds. The minimum absolute atomic E-state index is 0.00909. The van der Waals surface area contributed by atoms with Gasteiger partial charge in [0, 0.05) is 24.8 Å². The second-order valence-electron chi connectivity index (χ2n) is 6.02. The van der Waals surface area contributed by atoms with Gasteiger partial charge in [-0.25, -0.2) is 13.4 Å². The van der Waals surface area contributed by atoms with Crippen molar-refractivity contribution >= 4 is 15.7 Å². The monoisotopic (exact) mass is 360 g/mol. The van der Waals surface area contributed by atoms with Gasteiger partial charge in [-0.05, 0) is 18.1 Å². The van der Waals surface area contributed by atoms with Crippen LogP contribution in [0, 0.1) is 0 Å². The normalized spacial score (nSPS) is 18.6. The maximum absolute atomic E-state index is 12.7. The first-order valence-corrected chi connectivity index (χ1v) is 9.93. The van der Waals surface area contributed by atoms with Gasteiger partial charge in [-0.3, -0.25) is 4.79 Å². The Labute approximate surface area is 147 Å². The standard InChI is InChI=1S/C18H20N2O4S/c21-18(13-24-17-8-4-5-10-19-17)20(12-15-6-2-1-3-7-15)16-9-11-25(22,23)14-16/h1-8,10,16H,9,11-14H2. The van der Waals surface area contributed by atoms with Gasteiger partial charge in [0.05, 0.1) is 11.5 Å². The average Bonchev–Trinajstić information content (AvgIpc) is 2.99. The molecule has 132 valence electrons. The molecular formula is C18H20N2O4S. The van der Waals surface area contributed by atoms with E-state index in [0.29, 0.717) is 18.8 Å². The summed E-state index contributed by atoms with van der Waals surface area (Å²) < 4.78 is 29.1. The van der Waals surface area contributed by atoms with Crippen LogP contribution in [0.25, 0.3) is 0 Å². The van der Waals surface area contributed by atoms with Gasteiger partial charge in [-0.15, -0.1) is 0 Å². The highest BCUT2D eigenvalue weighted by molar-refractivity contribution is 7.91. The summed E-state index contributed by atoms with van der Waals surface area (Å²) in [6.07, 6.45) is 2.05. The van der Waals surface area contributed by atoms with Gasteiger partial charge in [0.25, 0.3) is 5.91 Å². The lowest BCUT2D eigenvalue weighted by Crippen LogP contribution is -2.43. The second kappa shape index (κ2) is 7.65. The molecule has 0 bridgehead atoms. The summed E-state index contributed by atoms with van der Waals surface area (Å²) in [7, 11) is -3.08. The highest BCUT2D eigenvalue weighted by Crippen LogP contribution is 2.20. The van der Waals surface area contributed by atoms with Crippen LogP contribution in [-0.2, 0) is 21.2 Å². The number of sulfone groups is 1. The van der Waals surface area contributed by atoms with Gasteiger partial charge >= 0.3 is 0 Å². The van der Waals surface area contributed by atoms with Gasteiger partial charge in [-0.1, -0.05) is 36.4 Å². The Morgan fingerprint density at radius 2 is 1.92 bits per heavy atom. The second-order valence-corrected chi connectivity index (χ2v) is 8.25. The molecule has 0 saturated carbocycles.